The van der Waals surface area contributed by atoms with Crippen molar-refractivity contribution >= 4 is 11.6 Å². The van der Waals surface area contributed by atoms with Gasteiger partial charge < -0.3 is 9.84 Å². The van der Waals surface area contributed by atoms with E-state index >= 15 is 0 Å². The molecule has 1 aliphatic rings. The van der Waals surface area contributed by atoms with Gasteiger partial charge in [-0.1, -0.05) is 18.0 Å². The molecule has 0 spiro atoms. The van der Waals surface area contributed by atoms with Gasteiger partial charge in [-0.3, -0.25) is 9.78 Å². The highest BCUT2D eigenvalue weighted by Crippen LogP contribution is 2.34. The van der Waals surface area contributed by atoms with Crippen molar-refractivity contribution in [3.05, 3.63) is 24.3 Å². The van der Waals surface area contributed by atoms with Crippen molar-refractivity contribution in [3.8, 4) is 11.5 Å². The van der Waals surface area contributed by atoms with Crippen LogP contribution in [0.4, 0.5) is 5.69 Å². The molecule has 0 bridgehead atoms. The second kappa shape index (κ2) is 5.40. The molecule has 0 atom stereocenters. The van der Waals surface area contributed by atoms with Crippen LogP contribution in [0.1, 0.15) is 44.3 Å². The Morgan fingerprint density at radius 1 is 1.40 bits per heavy atom. The molecular formula is C14H16N4O2. The smallest absolute Gasteiger partial charge is 0.260 e. The maximum Gasteiger partial charge on any atom is 0.260 e. The molecule has 1 N–H and O–H groups in total. The molecule has 3 rings (SSSR count). The molecule has 6 nitrogen and oxygen atoms in total. The first-order valence-electron chi connectivity index (χ1n) is 6.79. The highest BCUT2D eigenvalue weighted by molar-refractivity contribution is 5.92. The number of hydrogen-bond acceptors (Lipinski definition) is 5. The largest absolute Gasteiger partial charge is 0.334 e. The highest BCUT2D eigenvalue weighted by atomic mass is 16.5. The molecule has 0 aromatic carbocycles. The SMILES string of the molecule is CC(=O)Nc1cnccc1-c1nc(C2CCCC2)no1. The summed E-state index contributed by atoms with van der Waals surface area (Å²) < 4.78 is 5.35. The van der Waals surface area contributed by atoms with Crippen LogP contribution in [0.25, 0.3) is 11.5 Å². The Kier molecular flexibility index (Phi) is 3.45. The van der Waals surface area contributed by atoms with Crippen molar-refractivity contribution in [3.63, 3.8) is 0 Å². The second-order valence-corrected chi connectivity index (χ2v) is 5.04. The number of carbonyl (C=O) groups excluding carboxylic acids is 1. The first kappa shape index (κ1) is 12.8. The van der Waals surface area contributed by atoms with E-state index in [2.05, 4.69) is 20.4 Å². The molecular weight excluding hydrogens is 256 g/mol. The molecule has 0 unspecified atom stereocenters. The van der Waals surface area contributed by atoms with Crippen LogP contribution in [-0.2, 0) is 4.79 Å². The van der Waals surface area contributed by atoms with E-state index in [9.17, 15) is 4.79 Å². The molecule has 104 valence electrons. The summed E-state index contributed by atoms with van der Waals surface area (Å²) in [6.45, 7) is 1.45. The molecule has 2 aromatic rings. The van der Waals surface area contributed by atoms with Crippen LogP contribution in [-0.4, -0.2) is 21.0 Å². The van der Waals surface area contributed by atoms with E-state index < -0.39 is 0 Å². The van der Waals surface area contributed by atoms with Gasteiger partial charge in [0.05, 0.1) is 17.4 Å². The van der Waals surface area contributed by atoms with Gasteiger partial charge in [-0.2, -0.15) is 4.98 Å². The topological polar surface area (TPSA) is 80.9 Å². The Hall–Kier alpha value is -2.24. The maximum absolute atomic E-state index is 11.2. The lowest BCUT2D eigenvalue weighted by molar-refractivity contribution is -0.114. The quantitative estimate of drug-likeness (QED) is 0.929. The molecule has 0 saturated heterocycles. The van der Waals surface area contributed by atoms with Crippen LogP contribution in [0, 0.1) is 0 Å². The van der Waals surface area contributed by atoms with Gasteiger partial charge in [0.1, 0.15) is 0 Å². The molecule has 2 aromatic heterocycles. The maximum atomic E-state index is 11.2. The molecule has 1 fully saturated rings. The third-order valence-electron chi connectivity index (χ3n) is 3.52. The Bertz CT molecular complexity index is 617. The molecule has 1 amide bonds. The Labute approximate surface area is 116 Å². The summed E-state index contributed by atoms with van der Waals surface area (Å²) in [5.41, 5.74) is 1.29. The van der Waals surface area contributed by atoms with E-state index in [4.69, 9.17) is 4.52 Å². The van der Waals surface area contributed by atoms with Crippen molar-refractivity contribution in [2.24, 2.45) is 0 Å². The number of nitrogens with one attached hydrogen (secondary N) is 1. The lowest BCUT2D eigenvalue weighted by Crippen LogP contribution is -2.07. The number of nitrogens with zero attached hydrogens (tertiary/aromatic N) is 3. The number of anilines is 1. The first-order valence-corrected chi connectivity index (χ1v) is 6.79. The van der Waals surface area contributed by atoms with E-state index in [0.29, 0.717) is 23.1 Å². The van der Waals surface area contributed by atoms with Crippen LogP contribution in [0.3, 0.4) is 0 Å². The van der Waals surface area contributed by atoms with Gasteiger partial charge >= 0.3 is 0 Å². The van der Waals surface area contributed by atoms with E-state index in [1.807, 2.05) is 0 Å². The molecule has 1 saturated carbocycles. The third kappa shape index (κ3) is 2.54. The Morgan fingerprint density at radius 2 is 2.20 bits per heavy atom. The number of pyridine rings is 1. The standard InChI is InChI=1S/C14H16N4O2/c1-9(19)16-12-8-15-7-6-11(12)14-17-13(18-20-14)10-4-2-3-5-10/h6-8,10H,2-5H2,1H3,(H,16,19). The number of aromatic nitrogens is 3. The summed E-state index contributed by atoms with van der Waals surface area (Å²) >= 11 is 0. The summed E-state index contributed by atoms with van der Waals surface area (Å²) in [6.07, 6.45) is 7.90. The van der Waals surface area contributed by atoms with Gasteiger partial charge in [0.15, 0.2) is 5.82 Å². The van der Waals surface area contributed by atoms with E-state index in [0.717, 1.165) is 18.7 Å². The highest BCUT2D eigenvalue weighted by Gasteiger charge is 2.23. The summed E-state index contributed by atoms with van der Waals surface area (Å²) in [4.78, 5) is 19.7. The van der Waals surface area contributed by atoms with E-state index in [1.165, 1.54) is 19.8 Å². The average molecular weight is 272 g/mol. The van der Waals surface area contributed by atoms with Gasteiger partial charge in [-0.25, -0.2) is 0 Å². The summed E-state index contributed by atoms with van der Waals surface area (Å²) in [7, 11) is 0. The van der Waals surface area contributed by atoms with Gasteiger partial charge in [-0.15, -0.1) is 0 Å². The Balaban J connectivity index is 1.90. The predicted octanol–water partition coefficient (Wildman–Crippen LogP) is 2.75. The average Bonchev–Trinajstić information content (AvgIpc) is 3.10. The summed E-state index contributed by atoms with van der Waals surface area (Å²) in [6, 6.07) is 1.76. The van der Waals surface area contributed by atoms with Crippen LogP contribution < -0.4 is 5.32 Å². The van der Waals surface area contributed by atoms with Crippen LogP contribution in [0.2, 0.25) is 0 Å². The van der Waals surface area contributed by atoms with Gasteiger partial charge in [-0.05, 0) is 18.9 Å². The number of amides is 1. The van der Waals surface area contributed by atoms with Crippen molar-refractivity contribution in [1.29, 1.82) is 0 Å². The lowest BCUT2D eigenvalue weighted by Gasteiger charge is -2.05. The fraction of sp³-hybridized carbons (Fsp3) is 0.429. The molecule has 1 aliphatic carbocycles. The van der Waals surface area contributed by atoms with Crippen LogP contribution >= 0.6 is 0 Å². The Morgan fingerprint density at radius 3 is 2.95 bits per heavy atom. The molecule has 6 heteroatoms. The third-order valence-corrected chi connectivity index (χ3v) is 3.52. The monoisotopic (exact) mass is 272 g/mol. The molecule has 2 heterocycles. The van der Waals surface area contributed by atoms with Crippen LogP contribution in [0.5, 0.6) is 0 Å². The molecule has 0 radical (unpaired) electrons. The zero-order chi connectivity index (χ0) is 13.9. The molecule has 20 heavy (non-hydrogen) atoms. The fourth-order valence-electron chi connectivity index (χ4n) is 2.56. The zero-order valence-electron chi connectivity index (χ0n) is 11.3. The lowest BCUT2D eigenvalue weighted by atomic mass is 10.1. The van der Waals surface area contributed by atoms with Crippen molar-refractivity contribution in [1.82, 2.24) is 15.1 Å². The fourth-order valence-corrected chi connectivity index (χ4v) is 2.56. The minimum Gasteiger partial charge on any atom is -0.334 e. The predicted molar refractivity (Wildman–Crippen MR) is 73.0 cm³/mol. The summed E-state index contributed by atoms with van der Waals surface area (Å²) in [5.74, 6) is 1.44. The zero-order valence-corrected chi connectivity index (χ0v) is 11.3. The van der Waals surface area contributed by atoms with Crippen molar-refractivity contribution in [2.45, 2.75) is 38.5 Å². The van der Waals surface area contributed by atoms with Crippen LogP contribution in [0.15, 0.2) is 23.0 Å². The minimum atomic E-state index is -0.158. The number of hydrogen-bond donors (Lipinski definition) is 1. The number of rotatable bonds is 3. The van der Waals surface area contributed by atoms with Crippen molar-refractivity contribution < 1.29 is 9.32 Å². The van der Waals surface area contributed by atoms with Gasteiger partial charge in [0.25, 0.3) is 5.89 Å². The van der Waals surface area contributed by atoms with E-state index in [1.54, 1.807) is 18.5 Å². The normalized spacial score (nSPS) is 15.4. The minimum absolute atomic E-state index is 0.158. The summed E-state index contributed by atoms with van der Waals surface area (Å²) in [5, 5.41) is 6.80. The van der Waals surface area contributed by atoms with Gasteiger partial charge in [0.2, 0.25) is 5.91 Å². The number of carbonyl (C=O) groups is 1. The molecule has 0 aliphatic heterocycles. The second-order valence-electron chi connectivity index (χ2n) is 5.04. The van der Waals surface area contributed by atoms with E-state index in [-0.39, 0.29) is 5.91 Å². The first-order chi connectivity index (χ1) is 9.74. The van der Waals surface area contributed by atoms with Gasteiger partial charge in [0, 0.05) is 19.0 Å². The van der Waals surface area contributed by atoms with Crippen molar-refractivity contribution in [2.75, 3.05) is 5.32 Å².